The van der Waals surface area contributed by atoms with Gasteiger partial charge < -0.3 is 14.8 Å². The number of carbonyl (C=O) groups excluding carboxylic acids is 1. The van der Waals surface area contributed by atoms with Crippen LogP contribution >= 0.6 is 0 Å². The number of hydrogen-bond acceptors (Lipinski definition) is 3. The van der Waals surface area contributed by atoms with Crippen molar-refractivity contribution >= 4 is 5.91 Å². The molecule has 0 atom stereocenters. The number of rotatable bonds is 9. The number of amides is 1. The van der Waals surface area contributed by atoms with E-state index in [1.165, 1.54) is 5.56 Å². The van der Waals surface area contributed by atoms with E-state index >= 15 is 0 Å². The second-order valence-corrected chi connectivity index (χ2v) is 5.93. The lowest BCUT2D eigenvalue weighted by Crippen LogP contribution is -2.23. The summed E-state index contributed by atoms with van der Waals surface area (Å²) in [6, 6.07) is 13.9. The van der Waals surface area contributed by atoms with Crippen molar-refractivity contribution in [3.05, 3.63) is 59.2 Å². The van der Waals surface area contributed by atoms with Crippen LogP contribution in [0.15, 0.2) is 42.5 Å². The van der Waals surface area contributed by atoms with Crippen LogP contribution in [-0.2, 0) is 24.2 Å². The van der Waals surface area contributed by atoms with Gasteiger partial charge in [0.2, 0.25) is 5.91 Å². The SMILES string of the molecule is C#CCOc1ccc(CCC(=O)NCc2cccc(CC)c2)cc1OC. The van der Waals surface area contributed by atoms with Crippen molar-refractivity contribution in [3.63, 3.8) is 0 Å². The Hall–Kier alpha value is -2.93. The number of hydrogen-bond donors (Lipinski definition) is 1. The van der Waals surface area contributed by atoms with Gasteiger partial charge in [-0.3, -0.25) is 4.79 Å². The highest BCUT2D eigenvalue weighted by Gasteiger charge is 2.08. The van der Waals surface area contributed by atoms with Crippen molar-refractivity contribution in [2.45, 2.75) is 32.7 Å². The summed E-state index contributed by atoms with van der Waals surface area (Å²) in [4.78, 5) is 12.1. The van der Waals surface area contributed by atoms with Crippen LogP contribution in [-0.4, -0.2) is 19.6 Å². The summed E-state index contributed by atoms with van der Waals surface area (Å²) in [5, 5.41) is 2.97. The van der Waals surface area contributed by atoms with Gasteiger partial charge in [-0.15, -0.1) is 6.42 Å². The van der Waals surface area contributed by atoms with E-state index < -0.39 is 0 Å². The lowest BCUT2D eigenvalue weighted by Gasteiger charge is -2.11. The van der Waals surface area contributed by atoms with E-state index in [2.05, 4.69) is 30.3 Å². The molecule has 0 fully saturated rings. The third kappa shape index (κ3) is 5.86. The molecule has 0 aliphatic rings. The summed E-state index contributed by atoms with van der Waals surface area (Å²) in [7, 11) is 1.58. The van der Waals surface area contributed by atoms with Crippen molar-refractivity contribution < 1.29 is 14.3 Å². The van der Waals surface area contributed by atoms with Crippen molar-refractivity contribution in [1.29, 1.82) is 0 Å². The molecule has 1 amide bonds. The quantitative estimate of drug-likeness (QED) is 0.703. The molecule has 0 saturated heterocycles. The number of terminal acetylenes is 1. The fraction of sp³-hybridized carbons (Fsp3) is 0.318. The number of nitrogens with one attached hydrogen (secondary N) is 1. The Labute approximate surface area is 155 Å². The van der Waals surface area contributed by atoms with Gasteiger partial charge >= 0.3 is 0 Å². The number of benzene rings is 2. The molecule has 0 heterocycles. The molecule has 0 aliphatic carbocycles. The molecule has 2 aromatic rings. The summed E-state index contributed by atoms with van der Waals surface area (Å²) in [5.41, 5.74) is 3.41. The van der Waals surface area contributed by atoms with Gasteiger partial charge in [-0.2, -0.15) is 0 Å². The Bertz CT molecular complexity index is 777. The third-order valence-corrected chi connectivity index (χ3v) is 4.07. The van der Waals surface area contributed by atoms with Crippen LogP contribution in [0, 0.1) is 12.3 Å². The van der Waals surface area contributed by atoms with Gasteiger partial charge in [0, 0.05) is 13.0 Å². The molecule has 4 heteroatoms. The fourth-order valence-electron chi connectivity index (χ4n) is 2.61. The van der Waals surface area contributed by atoms with E-state index in [-0.39, 0.29) is 12.5 Å². The molecule has 4 nitrogen and oxygen atoms in total. The zero-order chi connectivity index (χ0) is 18.8. The van der Waals surface area contributed by atoms with Crippen molar-refractivity contribution in [1.82, 2.24) is 5.32 Å². The van der Waals surface area contributed by atoms with E-state index in [0.29, 0.717) is 30.9 Å². The summed E-state index contributed by atoms with van der Waals surface area (Å²) in [6.07, 6.45) is 7.25. The molecule has 0 bridgehead atoms. The maximum atomic E-state index is 12.1. The molecule has 0 aromatic heterocycles. The lowest BCUT2D eigenvalue weighted by atomic mass is 10.1. The largest absolute Gasteiger partial charge is 0.493 e. The Morgan fingerprint density at radius 2 is 1.92 bits per heavy atom. The van der Waals surface area contributed by atoms with Gasteiger partial charge in [-0.05, 0) is 41.7 Å². The van der Waals surface area contributed by atoms with Gasteiger partial charge in [0.25, 0.3) is 0 Å². The van der Waals surface area contributed by atoms with E-state index in [1.54, 1.807) is 7.11 Å². The molecular weight excluding hydrogens is 326 g/mol. The first-order chi connectivity index (χ1) is 12.7. The molecule has 0 unspecified atom stereocenters. The smallest absolute Gasteiger partial charge is 0.220 e. The number of methoxy groups -OCH3 is 1. The minimum atomic E-state index is 0.0264. The van der Waals surface area contributed by atoms with Crippen LogP contribution < -0.4 is 14.8 Å². The molecule has 0 radical (unpaired) electrons. The normalized spacial score (nSPS) is 10.0. The second-order valence-electron chi connectivity index (χ2n) is 5.93. The number of ether oxygens (including phenoxy) is 2. The first-order valence-electron chi connectivity index (χ1n) is 8.74. The predicted octanol–water partition coefficient (Wildman–Crippen LogP) is 3.52. The van der Waals surface area contributed by atoms with E-state index in [0.717, 1.165) is 17.5 Å². The highest BCUT2D eigenvalue weighted by Crippen LogP contribution is 2.28. The highest BCUT2D eigenvalue weighted by atomic mass is 16.5. The second kappa shape index (κ2) is 10.1. The third-order valence-electron chi connectivity index (χ3n) is 4.07. The zero-order valence-electron chi connectivity index (χ0n) is 15.4. The Morgan fingerprint density at radius 3 is 2.65 bits per heavy atom. The maximum absolute atomic E-state index is 12.1. The standard InChI is InChI=1S/C22H25NO3/c1-4-13-26-20-11-9-18(15-21(20)25-3)10-12-22(24)23-16-19-8-6-7-17(5-2)14-19/h1,6-9,11,14-15H,5,10,12-13,16H2,2-3H3,(H,23,24). The van der Waals surface area contributed by atoms with Crippen LogP contribution in [0.3, 0.4) is 0 Å². The van der Waals surface area contributed by atoms with Crippen LogP contribution in [0.25, 0.3) is 0 Å². The minimum absolute atomic E-state index is 0.0264. The van der Waals surface area contributed by atoms with Crippen molar-refractivity contribution in [3.8, 4) is 23.8 Å². The van der Waals surface area contributed by atoms with Crippen molar-refractivity contribution in [2.75, 3.05) is 13.7 Å². The van der Waals surface area contributed by atoms with E-state index in [9.17, 15) is 4.79 Å². The Balaban J connectivity index is 1.85. The molecule has 0 aliphatic heterocycles. The van der Waals surface area contributed by atoms with Crippen molar-refractivity contribution in [2.24, 2.45) is 0 Å². The summed E-state index contributed by atoms with van der Waals surface area (Å²) in [5.74, 6) is 3.68. The van der Waals surface area contributed by atoms with Crippen LogP contribution in [0.4, 0.5) is 0 Å². The summed E-state index contributed by atoms with van der Waals surface area (Å²) in [6.45, 7) is 2.86. The predicted molar refractivity (Wildman–Crippen MR) is 103 cm³/mol. The average Bonchev–Trinajstić information content (AvgIpc) is 2.69. The summed E-state index contributed by atoms with van der Waals surface area (Å²) < 4.78 is 10.7. The first-order valence-corrected chi connectivity index (χ1v) is 8.74. The lowest BCUT2D eigenvalue weighted by molar-refractivity contribution is -0.121. The summed E-state index contributed by atoms with van der Waals surface area (Å²) >= 11 is 0. The van der Waals surface area contributed by atoms with Gasteiger partial charge in [-0.1, -0.05) is 43.2 Å². The van der Waals surface area contributed by atoms with Crippen LogP contribution in [0.5, 0.6) is 11.5 Å². The number of aryl methyl sites for hydroxylation is 2. The maximum Gasteiger partial charge on any atom is 0.220 e. The molecule has 26 heavy (non-hydrogen) atoms. The van der Waals surface area contributed by atoms with Gasteiger partial charge in [0.1, 0.15) is 6.61 Å². The minimum Gasteiger partial charge on any atom is -0.493 e. The Morgan fingerprint density at radius 1 is 1.12 bits per heavy atom. The molecule has 136 valence electrons. The highest BCUT2D eigenvalue weighted by molar-refractivity contribution is 5.76. The van der Waals surface area contributed by atoms with E-state index in [4.69, 9.17) is 15.9 Å². The van der Waals surface area contributed by atoms with E-state index in [1.807, 2.05) is 30.3 Å². The molecule has 2 aromatic carbocycles. The van der Waals surface area contributed by atoms with Gasteiger partial charge in [0.05, 0.1) is 7.11 Å². The molecule has 0 spiro atoms. The monoisotopic (exact) mass is 351 g/mol. The Kier molecular flexibility index (Phi) is 7.57. The topological polar surface area (TPSA) is 47.6 Å². The van der Waals surface area contributed by atoms with Crippen LogP contribution in [0.1, 0.15) is 30.0 Å². The van der Waals surface area contributed by atoms with Gasteiger partial charge in [-0.25, -0.2) is 0 Å². The fourth-order valence-corrected chi connectivity index (χ4v) is 2.61. The average molecular weight is 351 g/mol. The number of carbonyl (C=O) groups is 1. The zero-order valence-corrected chi connectivity index (χ0v) is 15.4. The molecular formula is C22H25NO3. The van der Waals surface area contributed by atoms with Gasteiger partial charge in [0.15, 0.2) is 11.5 Å². The molecule has 1 N–H and O–H groups in total. The van der Waals surface area contributed by atoms with Crippen LogP contribution in [0.2, 0.25) is 0 Å². The molecule has 0 saturated carbocycles. The molecule has 2 rings (SSSR count). The first kappa shape index (κ1) is 19.4.